The monoisotopic (exact) mass is 366 g/mol. The van der Waals surface area contributed by atoms with Crippen LogP contribution in [0, 0.1) is 5.92 Å². The molecule has 0 radical (unpaired) electrons. The maximum atomic E-state index is 12.2. The van der Waals surface area contributed by atoms with Crippen molar-refractivity contribution in [2.24, 2.45) is 5.92 Å². The Kier molecular flexibility index (Phi) is 7.02. The zero-order valence-corrected chi connectivity index (χ0v) is 16.5. The van der Waals surface area contributed by atoms with Crippen molar-refractivity contribution in [1.82, 2.24) is 9.62 Å². The van der Waals surface area contributed by atoms with Crippen molar-refractivity contribution in [3.8, 4) is 0 Å². The van der Waals surface area contributed by atoms with Crippen molar-refractivity contribution in [3.63, 3.8) is 0 Å². The Balaban J connectivity index is 1.75. The predicted octanol–water partition coefficient (Wildman–Crippen LogP) is 3.48. The summed E-state index contributed by atoms with van der Waals surface area (Å²) in [6.07, 6.45) is 1.55. The fraction of sp³-hybridized carbons (Fsp3) is 0.632. The topological polar surface area (TPSA) is 58.6 Å². The van der Waals surface area contributed by atoms with E-state index in [1.807, 2.05) is 51.1 Å². The lowest BCUT2D eigenvalue weighted by Crippen LogP contribution is -2.46. The molecule has 1 aliphatic heterocycles. The number of rotatable bonds is 5. The van der Waals surface area contributed by atoms with E-state index in [2.05, 4.69) is 11.6 Å². The molecule has 140 valence electrons. The maximum absolute atomic E-state index is 12.2. The van der Waals surface area contributed by atoms with Gasteiger partial charge in [0.05, 0.1) is 15.7 Å². The minimum absolute atomic E-state index is 0.169. The zero-order chi connectivity index (χ0) is 18.4. The SMILES string of the molecule is C[C@@H](NS(=O)C(C)(C)C)C1CCN(C(=O)OCc2ccccc2)CC1. The number of amides is 1. The molecule has 6 heteroatoms. The van der Waals surface area contributed by atoms with Crippen molar-refractivity contribution in [2.45, 2.75) is 57.9 Å². The smallest absolute Gasteiger partial charge is 0.410 e. The highest BCUT2D eigenvalue weighted by Crippen LogP contribution is 2.22. The summed E-state index contributed by atoms with van der Waals surface area (Å²) in [7, 11) is -1.07. The summed E-state index contributed by atoms with van der Waals surface area (Å²) in [5.41, 5.74) is 0.994. The van der Waals surface area contributed by atoms with Gasteiger partial charge in [0.25, 0.3) is 0 Å². The molecule has 2 rings (SSSR count). The number of hydrogen-bond acceptors (Lipinski definition) is 3. The van der Waals surface area contributed by atoms with E-state index in [1.54, 1.807) is 4.90 Å². The molecule has 1 N–H and O–H groups in total. The Bertz CT molecular complexity index is 578. The minimum Gasteiger partial charge on any atom is -0.445 e. The molecule has 0 aromatic heterocycles. The summed E-state index contributed by atoms with van der Waals surface area (Å²) in [5.74, 6) is 0.421. The van der Waals surface area contributed by atoms with Crippen LogP contribution in [-0.4, -0.2) is 39.1 Å². The molecule has 1 aliphatic rings. The van der Waals surface area contributed by atoms with Gasteiger partial charge < -0.3 is 9.64 Å². The van der Waals surface area contributed by atoms with Crippen LogP contribution >= 0.6 is 0 Å². The number of nitrogens with zero attached hydrogens (tertiary/aromatic N) is 1. The van der Waals surface area contributed by atoms with Crippen LogP contribution in [-0.2, 0) is 22.3 Å². The molecule has 0 saturated carbocycles. The maximum Gasteiger partial charge on any atom is 0.410 e. The van der Waals surface area contributed by atoms with Gasteiger partial charge in [-0.2, -0.15) is 0 Å². The van der Waals surface area contributed by atoms with Crippen molar-refractivity contribution >= 4 is 17.1 Å². The Labute approximate surface area is 153 Å². The van der Waals surface area contributed by atoms with Gasteiger partial charge in [0, 0.05) is 19.1 Å². The normalized spacial score (nSPS) is 18.6. The van der Waals surface area contributed by atoms with E-state index in [-0.39, 0.29) is 16.9 Å². The highest BCUT2D eigenvalue weighted by Gasteiger charge is 2.29. The Morgan fingerprint density at radius 2 is 1.88 bits per heavy atom. The molecule has 1 fully saturated rings. The molecular formula is C19H30N2O3S. The number of likely N-dealkylation sites (tertiary alicyclic amines) is 1. The highest BCUT2D eigenvalue weighted by atomic mass is 32.2. The number of piperidine rings is 1. The van der Waals surface area contributed by atoms with Gasteiger partial charge in [-0.05, 0) is 52.0 Å². The van der Waals surface area contributed by atoms with Crippen LogP contribution in [0.5, 0.6) is 0 Å². The molecule has 1 aromatic carbocycles. The van der Waals surface area contributed by atoms with Gasteiger partial charge >= 0.3 is 6.09 Å². The van der Waals surface area contributed by atoms with E-state index in [9.17, 15) is 9.00 Å². The zero-order valence-electron chi connectivity index (χ0n) is 15.7. The summed E-state index contributed by atoms with van der Waals surface area (Å²) in [4.78, 5) is 14.0. The Hall–Kier alpha value is -1.40. The largest absolute Gasteiger partial charge is 0.445 e. The van der Waals surface area contributed by atoms with E-state index in [4.69, 9.17) is 4.74 Å². The number of benzene rings is 1. The molecular weight excluding hydrogens is 336 g/mol. The van der Waals surface area contributed by atoms with Crippen LogP contribution in [0.3, 0.4) is 0 Å². The second-order valence-electron chi connectivity index (χ2n) is 7.65. The van der Waals surface area contributed by atoms with E-state index < -0.39 is 11.0 Å². The molecule has 1 amide bonds. The Morgan fingerprint density at radius 1 is 1.28 bits per heavy atom. The second-order valence-corrected chi connectivity index (χ2v) is 9.65. The third-order valence-electron chi connectivity index (χ3n) is 4.56. The van der Waals surface area contributed by atoms with Crippen molar-refractivity contribution < 1.29 is 13.7 Å². The highest BCUT2D eigenvalue weighted by molar-refractivity contribution is 7.84. The summed E-state index contributed by atoms with van der Waals surface area (Å²) < 4.78 is 20.6. The first-order valence-corrected chi connectivity index (χ1v) is 10.1. The van der Waals surface area contributed by atoms with Crippen LogP contribution in [0.2, 0.25) is 0 Å². The average molecular weight is 367 g/mol. The quantitative estimate of drug-likeness (QED) is 0.868. The van der Waals surface area contributed by atoms with E-state index in [0.29, 0.717) is 25.6 Å². The second kappa shape index (κ2) is 8.81. The van der Waals surface area contributed by atoms with Gasteiger partial charge in [-0.1, -0.05) is 30.3 Å². The third-order valence-corrected chi connectivity index (χ3v) is 6.26. The molecule has 0 bridgehead atoms. The molecule has 0 spiro atoms. The first kappa shape index (κ1) is 19.9. The number of hydrogen-bond donors (Lipinski definition) is 1. The van der Waals surface area contributed by atoms with Crippen LogP contribution in [0.25, 0.3) is 0 Å². The molecule has 1 heterocycles. The number of ether oxygens (including phenoxy) is 1. The van der Waals surface area contributed by atoms with Gasteiger partial charge in [-0.3, -0.25) is 0 Å². The van der Waals surface area contributed by atoms with Crippen LogP contribution in [0.1, 0.15) is 46.1 Å². The average Bonchev–Trinajstić information content (AvgIpc) is 2.59. The van der Waals surface area contributed by atoms with Crippen LogP contribution in [0.4, 0.5) is 4.79 Å². The van der Waals surface area contributed by atoms with Gasteiger partial charge in [0.1, 0.15) is 6.61 Å². The number of carbonyl (C=O) groups is 1. The lowest BCUT2D eigenvalue weighted by Gasteiger charge is -2.35. The van der Waals surface area contributed by atoms with E-state index in [1.165, 1.54) is 0 Å². The summed E-state index contributed by atoms with van der Waals surface area (Å²) >= 11 is 0. The fourth-order valence-electron chi connectivity index (χ4n) is 2.83. The fourth-order valence-corrected chi connectivity index (χ4v) is 3.72. The minimum atomic E-state index is -1.07. The van der Waals surface area contributed by atoms with Gasteiger partial charge in [0.2, 0.25) is 0 Å². The lowest BCUT2D eigenvalue weighted by atomic mass is 9.91. The standard InChI is InChI=1S/C19H30N2O3S/c1-15(20-25(23)19(2,3)4)17-10-12-21(13-11-17)18(22)24-14-16-8-6-5-7-9-16/h5-9,15,17,20H,10-14H2,1-4H3/t15-,25?/m1/s1. The van der Waals surface area contributed by atoms with Crippen LogP contribution < -0.4 is 4.72 Å². The Morgan fingerprint density at radius 3 is 2.44 bits per heavy atom. The number of carbonyl (C=O) groups excluding carboxylic acids is 1. The molecule has 25 heavy (non-hydrogen) atoms. The van der Waals surface area contributed by atoms with Crippen molar-refractivity contribution in [1.29, 1.82) is 0 Å². The van der Waals surface area contributed by atoms with Gasteiger partial charge in [-0.25, -0.2) is 13.7 Å². The van der Waals surface area contributed by atoms with Gasteiger partial charge in [-0.15, -0.1) is 0 Å². The van der Waals surface area contributed by atoms with Crippen molar-refractivity contribution in [3.05, 3.63) is 35.9 Å². The molecule has 1 unspecified atom stereocenters. The summed E-state index contributed by atoms with van der Waals surface area (Å²) in [5, 5.41) is 0. The first-order valence-electron chi connectivity index (χ1n) is 8.91. The molecule has 1 saturated heterocycles. The summed E-state index contributed by atoms with van der Waals surface area (Å²) in [6, 6.07) is 9.87. The molecule has 2 atom stereocenters. The lowest BCUT2D eigenvalue weighted by molar-refractivity contribution is 0.0798. The van der Waals surface area contributed by atoms with Crippen LogP contribution in [0.15, 0.2) is 30.3 Å². The number of nitrogens with one attached hydrogen (secondary N) is 1. The first-order chi connectivity index (χ1) is 11.8. The molecule has 0 aliphatic carbocycles. The summed E-state index contributed by atoms with van der Waals surface area (Å²) in [6.45, 7) is 9.66. The molecule has 1 aromatic rings. The van der Waals surface area contributed by atoms with E-state index >= 15 is 0 Å². The van der Waals surface area contributed by atoms with Crippen molar-refractivity contribution in [2.75, 3.05) is 13.1 Å². The third kappa shape index (κ3) is 6.12. The van der Waals surface area contributed by atoms with Gasteiger partial charge in [0.15, 0.2) is 0 Å². The van der Waals surface area contributed by atoms with E-state index in [0.717, 1.165) is 18.4 Å². The predicted molar refractivity (Wildman–Crippen MR) is 101 cm³/mol. The molecule has 5 nitrogen and oxygen atoms in total.